The van der Waals surface area contributed by atoms with Crippen LogP contribution in [0.25, 0.3) is 0 Å². The standard InChI is InChI=1S/C12H13N3O2S/c1-9-4-2-5-10(8-9)18(16,17)15-12-11(13)6-3-7-14-12/h2-8H,13H2,1H3,(H,14,15). The van der Waals surface area contributed by atoms with Crippen molar-refractivity contribution in [3.8, 4) is 0 Å². The Labute approximate surface area is 106 Å². The average molecular weight is 263 g/mol. The predicted octanol–water partition coefficient (Wildman–Crippen LogP) is 1.77. The van der Waals surface area contributed by atoms with Gasteiger partial charge in [-0.2, -0.15) is 0 Å². The summed E-state index contributed by atoms with van der Waals surface area (Å²) in [6, 6.07) is 9.84. The molecule has 1 aromatic carbocycles. The van der Waals surface area contributed by atoms with E-state index in [1.807, 2.05) is 13.0 Å². The van der Waals surface area contributed by atoms with Crippen molar-refractivity contribution >= 4 is 21.5 Å². The third-order valence-corrected chi connectivity index (χ3v) is 3.71. The number of aryl methyl sites for hydroxylation is 1. The molecule has 0 spiro atoms. The van der Waals surface area contributed by atoms with E-state index >= 15 is 0 Å². The second-order valence-electron chi connectivity index (χ2n) is 3.86. The van der Waals surface area contributed by atoms with Crippen LogP contribution in [0.1, 0.15) is 5.56 Å². The molecule has 94 valence electrons. The van der Waals surface area contributed by atoms with Gasteiger partial charge >= 0.3 is 0 Å². The zero-order chi connectivity index (χ0) is 13.2. The Hall–Kier alpha value is -2.08. The molecule has 0 bridgehead atoms. The highest BCUT2D eigenvalue weighted by atomic mass is 32.2. The predicted molar refractivity (Wildman–Crippen MR) is 70.6 cm³/mol. The van der Waals surface area contributed by atoms with Crippen LogP contribution >= 0.6 is 0 Å². The maximum absolute atomic E-state index is 12.1. The molecular weight excluding hydrogens is 250 g/mol. The van der Waals surface area contributed by atoms with Gasteiger partial charge in [0.25, 0.3) is 10.0 Å². The lowest BCUT2D eigenvalue weighted by Gasteiger charge is -2.09. The van der Waals surface area contributed by atoms with Crippen LogP contribution in [0.4, 0.5) is 11.5 Å². The van der Waals surface area contributed by atoms with Crippen LogP contribution in [-0.4, -0.2) is 13.4 Å². The third-order valence-electron chi connectivity index (χ3n) is 2.37. The number of hydrogen-bond acceptors (Lipinski definition) is 4. The minimum absolute atomic E-state index is 0.138. The van der Waals surface area contributed by atoms with Crippen LogP contribution in [-0.2, 0) is 10.0 Å². The van der Waals surface area contributed by atoms with Gasteiger partial charge < -0.3 is 5.73 Å². The van der Waals surface area contributed by atoms with Gasteiger partial charge in [0.15, 0.2) is 5.82 Å². The SMILES string of the molecule is Cc1cccc(S(=O)(=O)Nc2ncccc2N)c1. The largest absolute Gasteiger partial charge is 0.396 e. The first kappa shape index (κ1) is 12.4. The van der Waals surface area contributed by atoms with Crippen LogP contribution in [0.3, 0.4) is 0 Å². The maximum Gasteiger partial charge on any atom is 0.263 e. The molecule has 0 aliphatic rings. The summed E-state index contributed by atoms with van der Waals surface area (Å²) < 4.78 is 26.6. The number of anilines is 2. The van der Waals surface area contributed by atoms with Gasteiger partial charge in [0, 0.05) is 6.20 Å². The van der Waals surface area contributed by atoms with Crippen LogP contribution in [0.5, 0.6) is 0 Å². The molecule has 0 unspecified atom stereocenters. The highest BCUT2D eigenvalue weighted by molar-refractivity contribution is 7.92. The van der Waals surface area contributed by atoms with Crippen LogP contribution in [0.2, 0.25) is 0 Å². The number of benzene rings is 1. The third kappa shape index (κ3) is 2.60. The Morgan fingerprint density at radius 3 is 2.67 bits per heavy atom. The molecule has 2 aromatic rings. The van der Waals surface area contributed by atoms with Gasteiger partial charge in [-0.15, -0.1) is 0 Å². The fourth-order valence-electron chi connectivity index (χ4n) is 1.47. The fraction of sp³-hybridized carbons (Fsp3) is 0.0833. The first-order valence-electron chi connectivity index (χ1n) is 5.29. The molecule has 0 aliphatic heterocycles. The molecule has 2 rings (SSSR count). The van der Waals surface area contributed by atoms with Crippen molar-refractivity contribution in [1.82, 2.24) is 4.98 Å². The van der Waals surface area contributed by atoms with E-state index in [2.05, 4.69) is 9.71 Å². The fourth-order valence-corrected chi connectivity index (χ4v) is 2.61. The molecule has 18 heavy (non-hydrogen) atoms. The number of nitrogens with two attached hydrogens (primary N) is 1. The molecular formula is C12H13N3O2S. The first-order valence-corrected chi connectivity index (χ1v) is 6.77. The molecule has 0 fully saturated rings. The number of aromatic nitrogens is 1. The lowest BCUT2D eigenvalue weighted by atomic mass is 10.2. The van der Waals surface area contributed by atoms with E-state index in [-0.39, 0.29) is 16.4 Å². The van der Waals surface area contributed by atoms with Gasteiger partial charge in [-0.3, -0.25) is 4.72 Å². The lowest BCUT2D eigenvalue weighted by molar-refractivity contribution is 0.601. The highest BCUT2D eigenvalue weighted by Crippen LogP contribution is 2.19. The van der Waals surface area contributed by atoms with Gasteiger partial charge in [-0.1, -0.05) is 12.1 Å². The van der Waals surface area contributed by atoms with Gasteiger partial charge in [0.05, 0.1) is 10.6 Å². The molecule has 0 radical (unpaired) electrons. The van der Waals surface area contributed by atoms with Gasteiger partial charge in [-0.05, 0) is 36.8 Å². The monoisotopic (exact) mass is 263 g/mol. The zero-order valence-electron chi connectivity index (χ0n) is 9.79. The summed E-state index contributed by atoms with van der Waals surface area (Å²) in [6.07, 6.45) is 1.48. The summed E-state index contributed by atoms with van der Waals surface area (Å²) in [7, 11) is -3.65. The van der Waals surface area contributed by atoms with E-state index in [1.165, 1.54) is 12.3 Å². The molecule has 6 heteroatoms. The van der Waals surface area contributed by atoms with Crippen LogP contribution in [0, 0.1) is 6.92 Å². The van der Waals surface area contributed by atoms with Gasteiger partial charge in [-0.25, -0.2) is 13.4 Å². The number of sulfonamides is 1. The van der Waals surface area contributed by atoms with E-state index in [9.17, 15) is 8.42 Å². The first-order chi connectivity index (χ1) is 8.49. The lowest BCUT2D eigenvalue weighted by Crippen LogP contribution is -2.15. The molecule has 0 aliphatic carbocycles. The van der Waals surface area contributed by atoms with Crippen molar-refractivity contribution in [3.63, 3.8) is 0 Å². The zero-order valence-corrected chi connectivity index (χ0v) is 10.6. The molecule has 5 nitrogen and oxygen atoms in total. The van der Waals surface area contributed by atoms with Crippen molar-refractivity contribution in [2.75, 3.05) is 10.5 Å². The van der Waals surface area contributed by atoms with E-state index in [4.69, 9.17) is 5.73 Å². The molecule has 0 saturated heterocycles. The minimum atomic E-state index is -3.65. The molecule has 1 aromatic heterocycles. The minimum Gasteiger partial charge on any atom is -0.396 e. The van der Waals surface area contributed by atoms with Crippen molar-refractivity contribution in [3.05, 3.63) is 48.2 Å². The maximum atomic E-state index is 12.1. The normalized spacial score (nSPS) is 11.2. The summed E-state index contributed by atoms with van der Waals surface area (Å²) in [4.78, 5) is 4.08. The highest BCUT2D eigenvalue weighted by Gasteiger charge is 2.15. The van der Waals surface area contributed by atoms with Crippen molar-refractivity contribution in [2.45, 2.75) is 11.8 Å². The Bertz CT molecular complexity index is 669. The van der Waals surface area contributed by atoms with E-state index in [1.54, 1.807) is 24.3 Å². The summed E-state index contributed by atoms with van der Waals surface area (Å²) in [5.74, 6) is 0.138. The van der Waals surface area contributed by atoms with E-state index in [0.29, 0.717) is 0 Å². The Morgan fingerprint density at radius 2 is 2.00 bits per heavy atom. The smallest absolute Gasteiger partial charge is 0.263 e. The average Bonchev–Trinajstić information content (AvgIpc) is 2.32. The number of nitrogens with zero attached hydrogens (tertiary/aromatic N) is 1. The van der Waals surface area contributed by atoms with E-state index in [0.717, 1.165) is 5.56 Å². The van der Waals surface area contributed by atoms with Crippen LogP contribution < -0.4 is 10.5 Å². The Balaban J connectivity index is 2.37. The summed E-state index contributed by atoms with van der Waals surface area (Å²) in [6.45, 7) is 1.83. The van der Waals surface area contributed by atoms with Crippen molar-refractivity contribution < 1.29 is 8.42 Å². The van der Waals surface area contributed by atoms with Gasteiger partial charge in [0.1, 0.15) is 0 Å². The second kappa shape index (κ2) is 4.66. The number of rotatable bonds is 3. The quantitative estimate of drug-likeness (QED) is 0.883. The topological polar surface area (TPSA) is 85.1 Å². The number of nitrogens with one attached hydrogen (secondary N) is 1. The Kier molecular flexibility index (Phi) is 3.20. The number of hydrogen-bond donors (Lipinski definition) is 2. The second-order valence-corrected chi connectivity index (χ2v) is 5.55. The van der Waals surface area contributed by atoms with Crippen molar-refractivity contribution in [1.29, 1.82) is 0 Å². The molecule has 3 N–H and O–H groups in total. The molecule has 0 amide bonds. The Morgan fingerprint density at radius 1 is 1.22 bits per heavy atom. The van der Waals surface area contributed by atoms with Crippen LogP contribution in [0.15, 0.2) is 47.5 Å². The number of nitrogen functional groups attached to an aromatic ring is 1. The number of pyridine rings is 1. The van der Waals surface area contributed by atoms with E-state index < -0.39 is 10.0 Å². The molecule has 1 heterocycles. The molecule has 0 atom stereocenters. The summed E-state index contributed by atoms with van der Waals surface area (Å²) >= 11 is 0. The van der Waals surface area contributed by atoms with Gasteiger partial charge in [0.2, 0.25) is 0 Å². The van der Waals surface area contributed by atoms with Crippen molar-refractivity contribution in [2.24, 2.45) is 0 Å². The summed E-state index contributed by atoms with van der Waals surface area (Å²) in [5, 5.41) is 0. The summed E-state index contributed by atoms with van der Waals surface area (Å²) in [5.41, 5.74) is 6.80. The molecule has 0 saturated carbocycles.